The molecule has 1 atom stereocenters. The van der Waals surface area contributed by atoms with Crippen LogP contribution in [0, 0.1) is 0 Å². The van der Waals surface area contributed by atoms with E-state index in [0.717, 1.165) is 29.4 Å². The lowest BCUT2D eigenvalue weighted by Crippen LogP contribution is -2.56. The van der Waals surface area contributed by atoms with Gasteiger partial charge in [-0.3, -0.25) is 4.79 Å². The summed E-state index contributed by atoms with van der Waals surface area (Å²) < 4.78 is -0.915. The Morgan fingerprint density at radius 2 is 1.42 bits per heavy atom. The number of halogens is 4. The highest BCUT2D eigenvalue weighted by atomic mass is 79.9. The molecule has 0 radical (unpaired) electrons. The second kappa shape index (κ2) is 18.1. The molecule has 0 aliphatic rings. The molecule has 0 bridgehead atoms. The van der Waals surface area contributed by atoms with Crippen molar-refractivity contribution in [3.05, 3.63) is 28.7 Å². The van der Waals surface area contributed by atoms with E-state index in [-0.39, 0.29) is 11.0 Å². The van der Waals surface area contributed by atoms with Crippen LogP contribution in [0.5, 0.6) is 0 Å². The maximum absolute atomic E-state index is 12.4. The number of rotatable bonds is 16. The van der Waals surface area contributed by atoms with E-state index in [1.807, 2.05) is 24.3 Å². The number of thiocarbonyl (C=S) groups is 1. The van der Waals surface area contributed by atoms with Crippen molar-refractivity contribution < 1.29 is 4.79 Å². The summed E-state index contributed by atoms with van der Waals surface area (Å²) in [7, 11) is 0. The molecule has 3 N–H and O–H groups in total. The van der Waals surface area contributed by atoms with Crippen LogP contribution in [-0.4, -0.2) is 21.0 Å². The minimum atomic E-state index is -1.76. The van der Waals surface area contributed by atoms with Gasteiger partial charge in [-0.15, -0.1) is 0 Å². The van der Waals surface area contributed by atoms with Crippen molar-refractivity contribution in [1.29, 1.82) is 0 Å². The Balaban J connectivity index is 2.23. The molecule has 33 heavy (non-hydrogen) atoms. The van der Waals surface area contributed by atoms with Gasteiger partial charge < -0.3 is 16.0 Å². The number of hydrogen-bond donors (Lipinski definition) is 3. The van der Waals surface area contributed by atoms with E-state index in [1.54, 1.807) is 0 Å². The quantitative estimate of drug-likeness (QED) is 0.0768. The van der Waals surface area contributed by atoms with Crippen molar-refractivity contribution in [2.75, 3.05) is 5.32 Å². The third-order valence-electron chi connectivity index (χ3n) is 5.29. The van der Waals surface area contributed by atoms with Crippen LogP contribution in [0.2, 0.25) is 0 Å². The van der Waals surface area contributed by atoms with Gasteiger partial charge in [0.25, 0.3) is 0 Å². The second-order valence-corrected chi connectivity index (χ2v) is 11.9. The van der Waals surface area contributed by atoms with E-state index in [2.05, 4.69) is 38.8 Å². The van der Waals surface area contributed by atoms with Crippen LogP contribution in [-0.2, 0) is 4.79 Å². The summed E-state index contributed by atoms with van der Waals surface area (Å²) in [6.07, 6.45) is 14.4. The van der Waals surface area contributed by atoms with Crippen LogP contribution in [0.15, 0.2) is 28.7 Å². The first-order valence-corrected chi connectivity index (χ1v) is 14.3. The van der Waals surface area contributed by atoms with Gasteiger partial charge in [0.15, 0.2) is 5.11 Å². The van der Waals surface area contributed by atoms with E-state index in [1.165, 1.54) is 57.8 Å². The van der Waals surface area contributed by atoms with Crippen LogP contribution in [0.4, 0.5) is 5.69 Å². The Bertz CT molecular complexity index is 704. The lowest BCUT2D eigenvalue weighted by Gasteiger charge is -2.28. The number of carbonyl (C=O) groups is 1. The number of anilines is 1. The molecule has 1 amide bonds. The van der Waals surface area contributed by atoms with Gasteiger partial charge in [-0.2, -0.15) is 0 Å². The highest BCUT2D eigenvalue weighted by Gasteiger charge is 2.34. The molecule has 0 saturated heterocycles. The lowest BCUT2D eigenvalue weighted by atomic mass is 10.0. The van der Waals surface area contributed by atoms with Crippen LogP contribution in [0.1, 0.15) is 90.4 Å². The van der Waals surface area contributed by atoms with Gasteiger partial charge in [-0.1, -0.05) is 124 Å². The molecule has 0 aliphatic heterocycles. The van der Waals surface area contributed by atoms with Gasteiger partial charge in [-0.05, 0) is 46.7 Å². The first-order chi connectivity index (χ1) is 15.7. The number of amides is 1. The first-order valence-electron chi connectivity index (χ1n) is 11.9. The van der Waals surface area contributed by atoms with E-state index >= 15 is 0 Å². The van der Waals surface area contributed by atoms with Crippen molar-refractivity contribution >= 4 is 79.7 Å². The summed E-state index contributed by atoms with van der Waals surface area (Å²) in [5.74, 6) is -0.172. The van der Waals surface area contributed by atoms with Crippen LogP contribution in [0.25, 0.3) is 0 Å². The smallest absolute Gasteiger partial charge is 0.228 e. The highest BCUT2D eigenvalue weighted by Crippen LogP contribution is 2.29. The fourth-order valence-electron chi connectivity index (χ4n) is 3.41. The van der Waals surface area contributed by atoms with E-state index in [9.17, 15) is 4.79 Å². The molecular formula is C24H37BrCl3N3OS. The molecule has 4 nitrogen and oxygen atoms in total. The molecule has 0 saturated carbocycles. The Labute approximate surface area is 228 Å². The summed E-state index contributed by atoms with van der Waals surface area (Å²) in [6, 6.07) is 7.51. The minimum absolute atomic E-state index is 0.172. The average molecular weight is 602 g/mol. The molecule has 1 aromatic carbocycles. The third-order valence-corrected chi connectivity index (χ3v) is 6.85. The molecule has 0 unspecified atom stereocenters. The highest BCUT2D eigenvalue weighted by molar-refractivity contribution is 9.10. The number of para-hydroxylation sites is 1. The summed E-state index contributed by atoms with van der Waals surface area (Å²) in [5, 5.41) is 8.89. The molecular weight excluding hydrogens is 565 g/mol. The molecule has 0 heterocycles. The van der Waals surface area contributed by atoms with Gasteiger partial charge >= 0.3 is 0 Å². The van der Waals surface area contributed by atoms with E-state index in [0.29, 0.717) is 6.42 Å². The number of nitrogens with one attached hydrogen (secondary N) is 3. The van der Waals surface area contributed by atoms with Crippen LogP contribution in [0.3, 0.4) is 0 Å². The average Bonchev–Trinajstić information content (AvgIpc) is 2.75. The van der Waals surface area contributed by atoms with E-state index < -0.39 is 9.96 Å². The van der Waals surface area contributed by atoms with Crippen molar-refractivity contribution in [2.45, 2.75) is 100 Å². The van der Waals surface area contributed by atoms with Crippen molar-refractivity contribution in [3.8, 4) is 0 Å². The Hall–Kier alpha value is -0.270. The topological polar surface area (TPSA) is 53.2 Å². The minimum Gasteiger partial charge on any atom is -0.339 e. The Morgan fingerprint density at radius 1 is 0.909 bits per heavy atom. The summed E-state index contributed by atoms with van der Waals surface area (Å²) >= 11 is 26.9. The Kier molecular flexibility index (Phi) is 16.8. The maximum atomic E-state index is 12.4. The maximum Gasteiger partial charge on any atom is 0.228 e. The predicted molar refractivity (Wildman–Crippen MR) is 151 cm³/mol. The summed E-state index contributed by atoms with van der Waals surface area (Å²) in [5.41, 5.74) is 0.765. The molecule has 0 fully saturated rings. The number of alkyl halides is 3. The molecule has 9 heteroatoms. The van der Waals surface area contributed by atoms with E-state index in [4.69, 9.17) is 47.0 Å². The fraction of sp³-hybridized carbons (Fsp3) is 0.667. The largest absolute Gasteiger partial charge is 0.339 e. The molecule has 0 aliphatic carbocycles. The number of hydrogen-bond acceptors (Lipinski definition) is 2. The summed E-state index contributed by atoms with van der Waals surface area (Å²) in [4.78, 5) is 12.4. The number of benzene rings is 1. The monoisotopic (exact) mass is 599 g/mol. The van der Waals surface area contributed by atoms with Gasteiger partial charge in [0.1, 0.15) is 6.17 Å². The van der Waals surface area contributed by atoms with Gasteiger partial charge in [-0.25, -0.2) is 0 Å². The zero-order valence-electron chi connectivity index (χ0n) is 19.4. The first kappa shape index (κ1) is 30.8. The number of unbranched alkanes of at least 4 members (excludes halogenated alkanes) is 11. The molecule has 1 rings (SSSR count). The van der Waals surface area contributed by atoms with Crippen molar-refractivity contribution in [3.63, 3.8) is 0 Å². The molecule has 0 aromatic heterocycles. The standard InChI is InChI=1S/C24H37BrCl3N3OS/c1-2-3-4-5-6-7-8-9-10-11-12-13-18-21(32)30-22(24(26,27)28)31-23(33)29-20-17-15-14-16-19(20)25/h14-17,22H,2-13,18H2,1H3,(H,30,32)(H2,29,31,33)/t22-/m1/s1. The van der Waals surface area contributed by atoms with Gasteiger partial charge in [0, 0.05) is 10.9 Å². The van der Waals surface area contributed by atoms with Crippen molar-refractivity contribution in [1.82, 2.24) is 10.6 Å². The van der Waals surface area contributed by atoms with Crippen LogP contribution >= 0.6 is 63.0 Å². The normalized spacial score (nSPS) is 12.3. The predicted octanol–water partition coefficient (Wildman–Crippen LogP) is 8.64. The number of carbonyl (C=O) groups excluding carboxylic acids is 1. The second-order valence-electron chi connectivity index (χ2n) is 8.26. The van der Waals surface area contributed by atoms with Gasteiger partial charge in [0.2, 0.25) is 9.70 Å². The molecule has 1 aromatic rings. The van der Waals surface area contributed by atoms with Crippen LogP contribution < -0.4 is 16.0 Å². The zero-order chi connectivity index (χ0) is 24.5. The van der Waals surface area contributed by atoms with Crippen molar-refractivity contribution in [2.24, 2.45) is 0 Å². The zero-order valence-corrected chi connectivity index (χ0v) is 24.1. The van der Waals surface area contributed by atoms with Gasteiger partial charge in [0.05, 0.1) is 5.69 Å². The summed E-state index contributed by atoms with van der Waals surface area (Å²) in [6.45, 7) is 2.25. The Morgan fingerprint density at radius 3 is 1.94 bits per heavy atom. The fourth-order valence-corrected chi connectivity index (χ4v) is 4.35. The SMILES string of the molecule is CCCCCCCCCCCCCCC(=O)N[C@H](NC(=S)Nc1ccccc1Br)C(Cl)(Cl)Cl. The lowest BCUT2D eigenvalue weighted by molar-refractivity contribution is -0.122. The molecule has 0 spiro atoms. The molecule has 188 valence electrons. The third kappa shape index (κ3) is 15.4.